The monoisotopic (exact) mass is 730 g/mol. The lowest BCUT2D eigenvalue weighted by molar-refractivity contribution is 0.659. The van der Waals surface area contributed by atoms with Crippen LogP contribution in [0.15, 0.2) is 176 Å². The smallest absolute Gasteiger partial charge is 0.145 e. The summed E-state index contributed by atoms with van der Waals surface area (Å²) >= 11 is 0. The number of para-hydroxylation sites is 1. The molecule has 3 aliphatic rings. The zero-order valence-corrected chi connectivity index (χ0v) is 32.6. The van der Waals surface area contributed by atoms with E-state index in [9.17, 15) is 0 Å². The molecule has 0 spiro atoms. The first-order valence-electron chi connectivity index (χ1n) is 20.1. The fourth-order valence-electron chi connectivity index (χ4n) is 9.78. The Morgan fingerprint density at radius 1 is 0.456 bits per heavy atom. The summed E-state index contributed by atoms with van der Waals surface area (Å²) in [6.45, 7) is 6.88. The van der Waals surface area contributed by atoms with Crippen molar-refractivity contribution in [2.45, 2.75) is 39.0 Å². The number of imidazole rings is 1. The van der Waals surface area contributed by atoms with Gasteiger partial charge in [-0.15, -0.1) is 0 Å². The van der Waals surface area contributed by atoms with Gasteiger partial charge in [0.2, 0.25) is 0 Å². The van der Waals surface area contributed by atoms with E-state index < -0.39 is 0 Å². The van der Waals surface area contributed by atoms with E-state index >= 15 is 0 Å². The summed E-state index contributed by atoms with van der Waals surface area (Å²) in [6.07, 6.45) is 2.05. The Bertz CT molecular complexity index is 3040. The van der Waals surface area contributed by atoms with Crippen LogP contribution < -0.4 is 0 Å². The van der Waals surface area contributed by atoms with Crippen LogP contribution in [0.25, 0.3) is 72.6 Å². The van der Waals surface area contributed by atoms with Gasteiger partial charge in [0.25, 0.3) is 0 Å². The van der Waals surface area contributed by atoms with E-state index in [4.69, 9.17) is 4.98 Å². The quantitative estimate of drug-likeness (QED) is 0.177. The Morgan fingerprint density at radius 2 is 1.14 bits per heavy atom. The Hall–Kier alpha value is -6.77. The molecule has 9 aromatic rings. The molecule has 1 aromatic heterocycles. The van der Waals surface area contributed by atoms with E-state index in [1.165, 1.54) is 83.5 Å². The molecule has 2 heteroatoms. The maximum Gasteiger partial charge on any atom is 0.145 e. The minimum atomic E-state index is 0.107. The van der Waals surface area contributed by atoms with E-state index in [0.717, 1.165) is 41.0 Å². The minimum Gasteiger partial charge on any atom is -0.292 e. The average Bonchev–Trinajstić information content (AvgIpc) is 3.99. The minimum absolute atomic E-state index is 0.107. The molecule has 272 valence electrons. The molecule has 12 rings (SSSR count). The standard InChI is InChI=1S/C33H24N2.C22H18/c1-22-15-16-24-20-30-27(13-8-14-28(30)29(24)19-22)25-17-18-31-32(21-25)35(26-11-6-3-7-12-26)33(34-31)23-9-4-2-5-10-23;1-22(2)20-10-6-5-9-17(20)19-13-18-15(12-21(19)22)11-14-7-3-4-8-16(14)18/h2-19,21H,20H2,1H3;3-10,12-13H,11H2,1-2H3. The number of aromatic nitrogens is 2. The number of hydrogen-bond donors (Lipinski definition) is 0. The molecule has 0 radical (unpaired) electrons. The van der Waals surface area contributed by atoms with Crippen molar-refractivity contribution in [3.63, 3.8) is 0 Å². The number of aryl methyl sites for hydroxylation is 1. The van der Waals surface area contributed by atoms with Gasteiger partial charge in [-0.2, -0.15) is 0 Å². The summed E-state index contributed by atoms with van der Waals surface area (Å²) in [6, 6.07) is 63.9. The van der Waals surface area contributed by atoms with E-state index in [0.29, 0.717) is 0 Å². The Kier molecular flexibility index (Phi) is 7.59. The summed E-state index contributed by atoms with van der Waals surface area (Å²) in [5.74, 6) is 0.963. The molecular weight excluding hydrogens is 689 g/mol. The molecule has 0 unspecified atom stereocenters. The molecule has 0 atom stereocenters. The van der Waals surface area contributed by atoms with Crippen LogP contribution in [0.2, 0.25) is 0 Å². The molecule has 57 heavy (non-hydrogen) atoms. The van der Waals surface area contributed by atoms with Gasteiger partial charge in [-0.1, -0.05) is 165 Å². The van der Waals surface area contributed by atoms with Crippen molar-refractivity contribution < 1.29 is 0 Å². The van der Waals surface area contributed by atoms with Gasteiger partial charge < -0.3 is 0 Å². The normalized spacial score (nSPS) is 13.5. The van der Waals surface area contributed by atoms with Crippen molar-refractivity contribution in [2.75, 3.05) is 0 Å². The van der Waals surface area contributed by atoms with Crippen molar-refractivity contribution in [3.8, 4) is 61.6 Å². The molecular formula is C55H42N2. The Labute approximate surface area is 334 Å². The highest BCUT2D eigenvalue weighted by Gasteiger charge is 2.37. The van der Waals surface area contributed by atoms with Gasteiger partial charge in [-0.05, 0) is 128 Å². The molecule has 0 N–H and O–H groups in total. The predicted octanol–water partition coefficient (Wildman–Crippen LogP) is 13.8. The average molecular weight is 731 g/mol. The highest BCUT2D eigenvalue weighted by molar-refractivity contribution is 5.91. The second-order valence-electron chi connectivity index (χ2n) is 16.4. The Balaban J connectivity index is 0.000000146. The van der Waals surface area contributed by atoms with Crippen LogP contribution in [0.4, 0.5) is 0 Å². The van der Waals surface area contributed by atoms with Crippen molar-refractivity contribution in [2.24, 2.45) is 0 Å². The van der Waals surface area contributed by atoms with Gasteiger partial charge in [0.05, 0.1) is 11.0 Å². The first kappa shape index (κ1) is 33.6. The van der Waals surface area contributed by atoms with Crippen molar-refractivity contribution in [1.29, 1.82) is 0 Å². The Morgan fingerprint density at radius 3 is 1.98 bits per heavy atom. The topological polar surface area (TPSA) is 17.8 Å². The molecule has 8 aromatic carbocycles. The summed E-state index contributed by atoms with van der Waals surface area (Å²) in [5.41, 5.74) is 25.5. The van der Waals surface area contributed by atoms with Gasteiger partial charge in [-0.3, -0.25) is 4.57 Å². The molecule has 0 saturated heterocycles. The van der Waals surface area contributed by atoms with Crippen LogP contribution in [0.1, 0.15) is 52.8 Å². The molecule has 0 aliphatic heterocycles. The van der Waals surface area contributed by atoms with Crippen LogP contribution in [-0.2, 0) is 18.3 Å². The van der Waals surface area contributed by atoms with Crippen LogP contribution in [0.5, 0.6) is 0 Å². The molecule has 0 amide bonds. The van der Waals surface area contributed by atoms with Crippen LogP contribution in [0.3, 0.4) is 0 Å². The molecule has 0 fully saturated rings. The third kappa shape index (κ3) is 5.35. The zero-order chi connectivity index (χ0) is 38.3. The first-order valence-corrected chi connectivity index (χ1v) is 20.1. The summed E-state index contributed by atoms with van der Waals surface area (Å²) in [7, 11) is 0. The van der Waals surface area contributed by atoms with Gasteiger partial charge >= 0.3 is 0 Å². The zero-order valence-electron chi connectivity index (χ0n) is 32.6. The maximum atomic E-state index is 5.07. The van der Waals surface area contributed by atoms with Crippen LogP contribution in [-0.4, -0.2) is 9.55 Å². The number of benzene rings is 8. The van der Waals surface area contributed by atoms with Crippen LogP contribution >= 0.6 is 0 Å². The number of fused-ring (bicyclic) bond motifs is 10. The third-order valence-electron chi connectivity index (χ3n) is 12.6. The molecule has 3 aliphatic carbocycles. The third-order valence-corrected chi connectivity index (χ3v) is 12.6. The molecule has 0 saturated carbocycles. The van der Waals surface area contributed by atoms with Crippen molar-refractivity contribution in [3.05, 3.63) is 215 Å². The highest BCUT2D eigenvalue weighted by atomic mass is 15.1. The fourth-order valence-corrected chi connectivity index (χ4v) is 9.78. The van der Waals surface area contributed by atoms with Gasteiger partial charge in [0, 0.05) is 16.7 Å². The van der Waals surface area contributed by atoms with E-state index in [2.05, 4.69) is 195 Å². The fraction of sp³-hybridized carbons (Fsp3) is 0.109. The van der Waals surface area contributed by atoms with Gasteiger partial charge in [-0.25, -0.2) is 4.98 Å². The van der Waals surface area contributed by atoms with E-state index in [-0.39, 0.29) is 5.41 Å². The molecule has 1 heterocycles. The number of hydrogen-bond acceptors (Lipinski definition) is 1. The lowest BCUT2D eigenvalue weighted by Gasteiger charge is -2.22. The second-order valence-corrected chi connectivity index (χ2v) is 16.4. The van der Waals surface area contributed by atoms with Crippen molar-refractivity contribution in [1.82, 2.24) is 9.55 Å². The first-order chi connectivity index (χ1) is 27.9. The largest absolute Gasteiger partial charge is 0.292 e. The van der Waals surface area contributed by atoms with Crippen LogP contribution in [0, 0.1) is 6.92 Å². The van der Waals surface area contributed by atoms with E-state index in [1.54, 1.807) is 0 Å². The highest BCUT2D eigenvalue weighted by Crippen LogP contribution is 2.52. The summed E-state index contributed by atoms with van der Waals surface area (Å²) in [5, 5.41) is 0. The molecule has 2 nitrogen and oxygen atoms in total. The lowest BCUT2D eigenvalue weighted by atomic mass is 9.81. The lowest BCUT2D eigenvalue weighted by Crippen LogP contribution is -2.15. The number of rotatable bonds is 3. The second kappa shape index (κ2) is 12.9. The molecule has 0 bridgehead atoms. The number of nitrogens with zero attached hydrogens (tertiary/aromatic N) is 2. The van der Waals surface area contributed by atoms with Gasteiger partial charge in [0.15, 0.2) is 0 Å². The summed E-state index contributed by atoms with van der Waals surface area (Å²) in [4.78, 5) is 5.07. The van der Waals surface area contributed by atoms with Gasteiger partial charge in [0.1, 0.15) is 5.82 Å². The van der Waals surface area contributed by atoms with Crippen molar-refractivity contribution >= 4 is 11.0 Å². The SMILES string of the molecule is CC1(C)c2ccccc2-c2cc3c(cc21)Cc1ccccc1-3.Cc1ccc2c(c1)-c1cccc(-c3ccc4nc(-c5ccccc5)n(-c5ccccc5)c4c3)c1C2. The predicted molar refractivity (Wildman–Crippen MR) is 237 cm³/mol. The summed E-state index contributed by atoms with van der Waals surface area (Å²) < 4.78 is 2.29. The van der Waals surface area contributed by atoms with E-state index in [1.807, 2.05) is 6.07 Å². The maximum absolute atomic E-state index is 5.07.